The molecule has 1 heterocycles. The first-order valence-corrected chi connectivity index (χ1v) is 9.76. The van der Waals surface area contributed by atoms with Crippen LogP contribution in [0.3, 0.4) is 0 Å². The fraction of sp³-hybridized carbons (Fsp3) is 0.250. The lowest BCUT2D eigenvalue weighted by molar-refractivity contribution is -0.122. The van der Waals surface area contributed by atoms with E-state index < -0.39 is 5.25 Å². The smallest absolute Gasteiger partial charge is 0.240 e. The summed E-state index contributed by atoms with van der Waals surface area (Å²) in [5.41, 5.74) is 1.16. The zero-order valence-electron chi connectivity index (χ0n) is 15.3. The molecule has 1 fully saturated rings. The van der Waals surface area contributed by atoms with Crippen LogP contribution in [0.2, 0.25) is 0 Å². The number of benzene rings is 2. The molecule has 0 bridgehead atoms. The highest BCUT2D eigenvalue weighted by Gasteiger charge is 2.32. The molecule has 0 saturated carbocycles. The van der Waals surface area contributed by atoms with E-state index in [4.69, 9.17) is 4.74 Å². The molecule has 3 rings (SSSR count). The number of amidine groups is 1. The first-order chi connectivity index (χ1) is 13.5. The number of anilines is 1. The third kappa shape index (κ3) is 5.56. The molecule has 0 aliphatic carbocycles. The number of aliphatic imine (C=N–C) groups is 1. The number of thioether (sulfide) groups is 1. The van der Waals surface area contributed by atoms with Gasteiger partial charge < -0.3 is 15.4 Å². The molecule has 1 saturated heterocycles. The molecule has 2 aromatic rings. The minimum absolute atomic E-state index is 0.0209. The summed E-state index contributed by atoms with van der Waals surface area (Å²) < 4.78 is 18.4. The molecule has 0 unspecified atom stereocenters. The van der Waals surface area contributed by atoms with E-state index in [0.29, 0.717) is 23.1 Å². The number of hydrogen-bond donors (Lipinski definition) is 2. The van der Waals surface area contributed by atoms with Crippen molar-refractivity contribution in [3.8, 4) is 5.75 Å². The highest BCUT2D eigenvalue weighted by molar-refractivity contribution is 8.15. The normalized spacial score (nSPS) is 17.4. The second kappa shape index (κ2) is 9.36. The predicted octanol–water partition coefficient (Wildman–Crippen LogP) is 3.86. The van der Waals surface area contributed by atoms with Crippen LogP contribution in [0.5, 0.6) is 5.75 Å². The molecule has 2 N–H and O–H groups in total. The Morgan fingerprint density at radius 2 is 1.93 bits per heavy atom. The predicted molar refractivity (Wildman–Crippen MR) is 108 cm³/mol. The second-order valence-corrected chi connectivity index (χ2v) is 7.31. The molecule has 0 spiro atoms. The van der Waals surface area contributed by atoms with E-state index in [9.17, 15) is 14.0 Å². The Hall–Kier alpha value is -2.87. The molecule has 2 amide bonds. The standard InChI is InChI=1S/C20H20FN3O3S/c1-2-11-27-16-9-7-14(8-10-16)22-18(25)12-17-19(26)24-20(28-17)23-15-5-3-13(21)4-6-15/h3-10,17H,2,11-12H2,1H3,(H,22,25)(H,23,24,26)/t17-/m1/s1. The SMILES string of the molecule is CCCOc1ccc(NC(=O)C[C@H]2SC(=Nc3ccc(F)cc3)NC2=O)cc1. The number of ether oxygens (including phenoxy) is 1. The molecule has 146 valence electrons. The second-order valence-electron chi connectivity index (χ2n) is 6.11. The molecule has 1 aliphatic heterocycles. The Kier molecular flexibility index (Phi) is 6.65. The third-order valence-electron chi connectivity index (χ3n) is 3.82. The number of nitrogens with zero attached hydrogens (tertiary/aromatic N) is 1. The van der Waals surface area contributed by atoms with Crippen molar-refractivity contribution in [2.75, 3.05) is 11.9 Å². The van der Waals surface area contributed by atoms with Gasteiger partial charge in [-0.3, -0.25) is 9.59 Å². The minimum atomic E-state index is -0.564. The van der Waals surface area contributed by atoms with Gasteiger partial charge in [-0.2, -0.15) is 0 Å². The van der Waals surface area contributed by atoms with Gasteiger partial charge in [-0.05, 0) is 55.0 Å². The quantitative estimate of drug-likeness (QED) is 0.738. The average Bonchev–Trinajstić information content (AvgIpc) is 3.02. The van der Waals surface area contributed by atoms with E-state index in [0.717, 1.165) is 12.2 Å². The van der Waals surface area contributed by atoms with Gasteiger partial charge in [-0.1, -0.05) is 18.7 Å². The van der Waals surface area contributed by atoms with Crippen molar-refractivity contribution in [1.29, 1.82) is 0 Å². The van der Waals surface area contributed by atoms with Crippen molar-refractivity contribution in [2.24, 2.45) is 4.99 Å². The molecule has 0 radical (unpaired) electrons. The van der Waals surface area contributed by atoms with Gasteiger partial charge in [0, 0.05) is 12.1 Å². The van der Waals surface area contributed by atoms with Crippen LogP contribution < -0.4 is 15.4 Å². The fourth-order valence-corrected chi connectivity index (χ4v) is 3.45. The third-order valence-corrected chi connectivity index (χ3v) is 4.90. The van der Waals surface area contributed by atoms with Gasteiger partial charge in [-0.25, -0.2) is 9.38 Å². The molecule has 1 atom stereocenters. The van der Waals surface area contributed by atoms with Crippen molar-refractivity contribution in [1.82, 2.24) is 5.32 Å². The zero-order valence-corrected chi connectivity index (χ0v) is 16.1. The van der Waals surface area contributed by atoms with Gasteiger partial charge in [0.2, 0.25) is 11.8 Å². The van der Waals surface area contributed by atoms with Crippen molar-refractivity contribution in [2.45, 2.75) is 25.0 Å². The van der Waals surface area contributed by atoms with Crippen LogP contribution in [0.15, 0.2) is 53.5 Å². The van der Waals surface area contributed by atoms with Crippen LogP contribution in [-0.2, 0) is 9.59 Å². The monoisotopic (exact) mass is 401 g/mol. The lowest BCUT2D eigenvalue weighted by Crippen LogP contribution is -2.28. The molecular formula is C20H20FN3O3S. The van der Waals surface area contributed by atoms with E-state index >= 15 is 0 Å². The van der Waals surface area contributed by atoms with Crippen LogP contribution in [-0.4, -0.2) is 28.8 Å². The Labute approximate surface area is 166 Å². The van der Waals surface area contributed by atoms with E-state index in [2.05, 4.69) is 15.6 Å². The molecule has 1 aliphatic rings. The summed E-state index contributed by atoms with van der Waals surface area (Å²) in [6.45, 7) is 2.67. The first-order valence-electron chi connectivity index (χ1n) is 8.88. The van der Waals surface area contributed by atoms with Crippen molar-refractivity contribution in [3.05, 3.63) is 54.3 Å². The molecule has 28 heavy (non-hydrogen) atoms. The minimum Gasteiger partial charge on any atom is -0.494 e. The van der Waals surface area contributed by atoms with E-state index in [1.807, 2.05) is 6.92 Å². The van der Waals surface area contributed by atoms with Gasteiger partial charge in [-0.15, -0.1) is 0 Å². The van der Waals surface area contributed by atoms with Crippen LogP contribution in [0, 0.1) is 5.82 Å². The van der Waals surface area contributed by atoms with Gasteiger partial charge in [0.25, 0.3) is 0 Å². The van der Waals surface area contributed by atoms with Gasteiger partial charge in [0.05, 0.1) is 12.3 Å². The number of nitrogens with one attached hydrogen (secondary N) is 2. The van der Waals surface area contributed by atoms with E-state index in [-0.39, 0.29) is 24.1 Å². The average molecular weight is 401 g/mol. The summed E-state index contributed by atoms with van der Waals surface area (Å²) in [5.74, 6) is -0.152. The van der Waals surface area contributed by atoms with Crippen LogP contribution in [0.4, 0.5) is 15.8 Å². The lowest BCUT2D eigenvalue weighted by atomic mass is 10.2. The van der Waals surface area contributed by atoms with Gasteiger partial charge in [0.1, 0.15) is 16.8 Å². The number of halogens is 1. The number of amides is 2. The maximum atomic E-state index is 12.9. The molecule has 6 nitrogen and oxygen atoms in total. The number of carbonyl (C=O) groups is 2. The van der Waals surface area contributed by atoms with Crippen LogP contribution in [0.25, 0.3) is 0 Å². The Bertz CT molecular complexity index is 869. The van der Waals surface area contributed by atoms with Gasteiger partial charge >= 0.3 is 0 Å². The maximum Gasteiger partial charge on any atom is 0.240 e. The zero-order chi connectivity index (χ0) is 19.9. The van der Waals surface area contributed by atoms with Crippen LogP contribution in [0.1, 0.15) is 19.8 Å². The molecule has 8 heteroatoms. The first kappa shape index (κ1) is 19.9. The Morgan fingerprint density at radius 3 is 2.61 bits per heavy atom. The van der Waals surface area contributed by atoms with E-state index in [1.54, 1.807) is 24.3 Å². The Morgan fingerprint density at radius 1 is 1.21 bits per heavy atom. The van der Waals surface area contributed by atoms with E-state index in [1.165, 1.54) is 36.0 Å². The summed E-state index contributed by atoms with van der Waals surface area (Å²) in [7, 11) is 0. The molecule has 2 aromatic carbocycles. The highest BCUT2D eigenvalue weighted by Crippen LogP contribution is 2.26. The van der Waals surface area contributed by atoms with Crippen molar-refractivity contribution >= 4 is 40.1 Å². The van der Waals surface area contributed by atoms with Gasteiger partial charge in [0.15, 0.2) is 5.17 Å². The maximum absolute atomic E-state index is 12.9. The number of carbonyl (C=O) groups excluding carboxylic acids is 2. The summed E-state index contributed by atoms with van der Waals surface area (Å²) >= 11 is 1.18. The number of hydrogen-bond acceptors (Lipinski definition) is 5. The fourth-order valence-electron chi connectivity index (χ4n) is 2.46. The van der Waals surface area contributed by atoms with Crippen molar-refractivity contribution < 1.29 is 18.7 Å². The summed E-state index contributed by atoms with van der Waals surface area (Å²) in [4.78, 5) is 28.6. The summed E-state index contributed by atoms with van der Waals surface area (Å²) in [6.07, 6.45) is 0.944. The molecule has 0 aromatic heterocycles. The summed E-state index contributed by atoms with van der Waals surface area (Å²) in [6, 6.07) is 12.7. The largest absolute Gasteiger partial charge is 0.494 e. The van der Waals surface area contributed by atoms with Crippen molar-refractivity contribution in [3.63, 3.8) is 0 Å². The lowest BCUT2D eigenvalue weighted by Gasteiger charge is -2.09. The topological polar surface area (TPSA) is 79.8 Å². The number of rotatable bonds is 7. The summed E-state index contributed by atoms with van der Waals surface area (Å²) in [5, 5.41) is 5.25. The Balaban J connectivity index is 1.54. The molecular weight excluding hydrogens is 381 g/mol. The van der Waals surface area contributed by atoms with Crippen LogP contribution >= 0.6 is 11.8 Å². The highest BCUT2D eigenvalue weighted by atomic mass is 32.2.